The number of sulfonamides is 1. The lowest BCUT2D eigenvalue weighted by Crippen LogP contribution is -2.54. The second-order valence-electron chi connectivity index (χ2n) is 7.00. The first-order chi connectivity index (χ1) is 13.1. The monoisotopic (exact) mass is 410 g/mol. The second-order valence-corrected chi connectivity index (χ2v) is 8.94. The van der Waals surface area contributed by atoms with Gasteiger partial charge in [-0.05, 0) is 43.0 Å². The molecule has 1 aliphatic heterocycles. The van der Waals surface area contributed by atoms with Gasteiger partial charge in [0.1, 0.15) is 6.04 Å². The molecule has 10 heteroatoms. The maximum absolute atomic E-state index is 12.5. The number of hydrogen-bond donors (Lipinski definition) is 3. The average molecular weight is 410 g/mol. The summed E-state index contributed by atoms with van der Waals surface area (Å²) < 4.78 is 26.4. The van der Waals surface area contributed by atoms with Crippen molar-refractivity contribution in [2.24, 2.45) is 5.92 Å². The zero-order valence-electron chi connectivity index (χ0n) is 16.2. The molecule has 1 unspecified atom stereocenters. The Bertz CT molecular complexity index is 830. The average Bonchev–Trinajstić information content (AvgIpc) is 3.19. The number of rotatable bonds is 6. The highest BCUT2D eigenvalue weighted by molar-refractivity contribution is 7.89. The minimum atomic E-state index is -3.55. The standard InChI is InChI=1S/C18H26N4O5S/c1-12(2)16(19-13(3)23)18(25)21-20-17(24)14-6-8-15(9-7-14)28(26,27)22-10-4-5-11-22/h6-9,12,16H,4-5,10-11H2,1-3H3,(H,19,23)(H,20,24)(H,21,25). The number of hydrazine groups is 1. The summed E-state index contributed by atoms with van der Waals surface area (Å²) in [5.41, 5.74) is 4.74. The van der Waals surface area contributed by atoms with Gasteiger partial charge in [-0.15, -0.1) is 0 Å². The zero-order valence-corrected chi connectivity index (χ0v) is 17.0. The molecular formula is C18H26N4O5S. The predicted octanol–water partition coefficient (Wildman–Crippen LogP) is 0.393. The van der Waals surface area contributed by atoms with E-state index in [2.05, 4.69) is 16.2 Å². The van der Waals surface area contributed by atoms with E-state index in [4.69, 9.17) is 0 Å². The Labute approximate surface area is 164 Å². The van der Waals surface area contributed by atoms with E-state index < -0.39 is 27.9 Å². The first-order valence-corrected chi connectivity index (χ1v) is 10.5. The van der Waals surface area contributed by atoms with Crippen LogP contribution < -0.4 is 16.2 Å². The van der Waals surface area contributed by atoms with Crippen LogP contribution in [0.2, 0.25) is 0 Å². The van der Waals surface area contributed by atoms with Crippen LogP contribution >= 0.6 is 0 Å². The summed E-state index contributed by atoms with van der Waals surface area (Å²) in [5, 5.41) is 2.52. The zero-order chi connectivity index (χ0) is 20.9. The van der Waals surface area contributed by atoms with Crippen molar-refractivity contribution in [3.63, 3.8) is 0 Å². The molecule has 154 valence electrons. The molecule has 1 atom stereocenters. The molecule has 3 amide bonds. The molecular weight excluding hydrogens is 384 g/mol. The van der Waals surface area contributed by atoms with E-state index in [1.807, 2.05) is 0 Å². The third-order valence-corrected chi connectivity index (χ3v) is 6.34. The number of hydrogen-bond acceptors (Lipinski definition) is 5. The number of carbonyl (C=O) groups excluding carboxylic acids is 3. The van der Waals surface area contributed by atoms with E-state index in [0.29, 0.717) is 13.1 Å². The first-order valence-electron chi connectivity index (χ1n) is 9.10. The van der Waals surface area contributed by atoms with Crippen LogP contribution in [0.25, 0.3) is 0 Å². The summed E-state index contributed by atoms with van der Waals surface area (Å²) in [7, 11) is -3.55. The molecule has 0 saturated carbocycles. The van der Waals surface area contributed by atoms with Gasteiger partial charge < -0.3 is 5.32 Å². The van der Waals surface area contributed by atoms with Crippen molar-refractivity contribution in [2.75, 3.05) is 13.1 Å². The van der Waals surface area contributed by atoms with Gasteiger partial charge in [-0.25, -0.2) is 8.42 Å². The fourth-order valence-electron chi connectivity index (χ4n) is 2.88. The Morgan fingerprint density at radius 2 is 1.57 bits per heavy atom. The third-order valence-electron chi connectivity index (χ3n) is 4.43. The largest absolute Gasteiger partial charge is 0.344 e. The molecule has 1 heterocycles. The third kappa shape index (κ3) is 5.29. The first kappa shape index (κ1) is 21.8. The number of nitrogens with one attached hydrogen (secondary N) is 3. The summed E-state index contributed by atoms with van der Waals surface area (Å²) in [6.07, 6.45) is 1.69. The molecule has 1 fully saturated rings. The van der Waals surface area contributed by atoms with Gasteiger partial charge in [0.05, 0.1) is 4.90 Å². The van der Waals surface area contributed by atoms with Crippen LogP contribution in [-0.4, -0.2) is 49.6 Å². The van der Waals surface area contributed by atoms with Gasteiger partial charge in [0, 0.05) is 25.6 Å². The van der Waals surface area contributed by atoms with Gasteiger partial charge in [0.25, 0.3) is 11.8 Å². The quantitative estimate of drug-likeness (QED) is 0.585. The van der Waals surface area contributed by atoms with Gasteiger partial charge in [0.2, 0.25) is 15.9 Å². The van der Waals surface area contributed by atoms with Gasteiger partial charge >= 0.3 is 0 Å². The molecule has 9 nitrogen and oxygen atoms in total. The molecule has 0 aliphatic carbocycles. The fraction of sp³-hybridized carbons (Fsp3) is 0.500. The smallest absolute Gasteiger partial charge is 0.269 e. The minimum absolute atomic E-state index is 0.125. The number of carbonyl (C=O) groups is 3. The molecule has 0 bridgehead atoms. The molecule has 3 N–H and O–H groups in total. The maximum atomic E-state index is 12.5. The topological polar surface area (TPSA) is 125 Å². The van der Waals surface area contributed by atoms with Crippen molar-refractivity contribution >= 4 is 27.7 Å². The lowest BCUT2D eigenvalue weighted by molar-refractivity contribution is -0.129. The van der Waals surface area contributed by atoms with Crippen LogP contribution in [0, 0.1) is 5.92 Å². The summed E-state index contributed by atoms with van der Waals surface area (Å²) in [4.78, 5) is 35.7. The van der Waals surface area contributed by atoms with E-state index in [1.54, 1.807) is 13.8 Å². The van der Waals surface area contributed by atoms with Crippen LogP contribution in [0.4, 0.5) is 0 Å². The Morgan fingerprint density at radius 1 is 1.00 bits per heavy atom. The Balaban J connectivity index is 1.99. The highest BCUT2D eigenvalue weighted by Crippen LogP contribution is 2.21. The lowest BCUT2D eigenvalue weighted by Gasteiger charge is -2.21. The maximum Gasteiger partial charge on any atom is 0.269 e. The summed E-state index contributed by atoms with van der Waals surface area (Å²) in [5.74, 6) is -1.67. The van der Waals surface area contributed by atoms with Crippen LogP contribution in [0.1, 0.15) is 44.0 Å². The van der Waals surface area contributed by atoms with E-state index in [1.165, 1.54) is 35.5 Å². The molecule has 28 heavy (non-hydrogen) atoms. The van der Waals surface area contributed by atoms with Crippen molar-refractivity contribution in [2.45, 2.75) is 44.6 Å². The van der Waals surface area contributed by atoms with Crippen molar-refractivity contribution < 1.29 is 22.8 Å². The number of amides is 3. The van der Waals surface area contributed by atoms with Gasteiger partial charge in [0.15, 0.2) is 0 Å². The van der Waals surface area contributed by atoms with E-state index in [9.17, 15) is 22.8 Å². The Hall–Kier alpha value is -2.46. The lowest BCUT2D eigenvalue weighted by atomic mass is 10.0. The normalized spacial score (nSPS) is 15.9. The summed E-state index contributed by atoms with van der Waals surface area (Å²) >= 11 is 0. The van der Waals surface area contributed by atoms with E-state index in [0.717, 1.165) is 12.8 Å². The molecule has 0 radical (unpaired) electrons. The Morgan fingerprint density at radius 3 is 2.07 bits per heavy atom. The molecule has 1 saturated heterocycles. The number of nitrogens with zero attached hydrogens (tertiary/aromatic N) is 1. The SMILES string of the molecule is CC(=O)NC(C(=O)NNC(=O)c1ccc(S(=O)(=O)N2CCCC2)cc1)C(C)C. The van der Waals surface area contributed by atoms with Gasteiger partial charge in [-0.1, -0.05) is 13.8 Å². The molecule has 1 aromatic carbocycles. The van der Waals surface area contributed by atoms with Crippen molar-refractivity contribution in [1.82, 2.24) is 20.5 Å². The molecule has 0 aromatic heterocycles. The van der Waals surface area contributed by atoms with Crippen LogP contribution in [0.3, 0.4) is 0 Å². The molecule has 1 aromatic rings. The fourth-order valence-corrected chi connectivity index (χ4v) is 4.40. The molecule has 0 spiro atoms. The summed E-state index contributed by atoms with van der Waals surface area (Å²) in [6, 6.07) is 4.74. The molecule has 2 rings (SSSR count). The minimum Gasteiger partial charge on any atom is -0.344 e. The van der Waals surface area contributed by atoms with Crippen molar-refractivity contribution in [3.05, 3.63) is 29.8 Å². The van der Waals surface area contributed by atoms with E-state index in [-0.39, 0.29) is 22.3 Å². The van der Waals surface area contributed by atoms with Crippen molar-refractivity contribution in [1.29, 1.82) is 0 Å². The predicted molar refractivity (Wildman–Crippen MR) is 102 cm³/mol. The summed E-state index contributed by atoms with van der Waals surface area (Å²) in [6.45, 7) is 5.84. The van der Waals surface area contributed by atoms with Crippen LogP contribution in [0.15, 0.2) is 29.2 Å². The van der Waals surface area contributed by atoms with Crippen molar-refractivity contribution in [3.8, 4) is 0 Å². The Kier molecular flexibility index (Phi) is 7.14. The highest BCUT2D eigenvalue weighted by Gasteiger charge is 2.27. The van der Waals surface area contributed by atoms with E-state index >= 15 is 0 Å². The van der Waals surface area contributed by atoms with Gasteiger partial charge in [-0.2, -0.15) is 4.31 Å². The van der Waals surface area contributed by atoms with Gasteiger partial charge in [-0.3, -0.25) is 25.2 Å². The van der Waals surface area contributed by atoms with Crippen LogP contribution in [-0.2, 0) is 19.6 Å². The van der Waals surface area contributed by atoms with Crippen LogP contribution in [0.5, 0.6) is 0 Å². The number of benzene rings is 1. The second kappa shape index (κ2) is 9.16. The molecule has 1 aliphatic rings. The highest BCUT2D eigenvalue weighted by atomic mass is 32.2.